The molecule has 144 valence electrons. The summed E-state index contributed by atoms with van der Waals surface area (Å²) >= 11 is 0. The number of nitro benzene ring substituents is 1. The lowest BCUT2D eigenvalue weighted by Crippen LogP contribution is -2.14. The second-order valence-corrected chi connectivity index (χ2v) is 6.56. The SMILES string of the molecule is Cc1ccc(C(=O)COC(=O)CCCc2c[nH]c3ccccc23)cc1[N+](=O)[O-]. The lowest BCUT2D eigenvalue weighted by Gasteiger charge is -2.05. The first-order valence-electron chi connectivity index (χ1n) is 8.94. The molecule has 7 heteroatoms. The highest BCUT2D eigenvalue weighted by atomic mass is 16.6. The average molecular weight is 380 g/mol. The maximum Gasteiger partial charge on any atom is 0.306 e. The molecule has 3 aromatic rings. The highest BCUT2D eigenvalue weighted by Gasteiger charge is 2.16. The number of H-pyrrole nitrogens is 1. The van der Waals surface area contributed by atoms with Crippen LogP contribution in [0.3, 0.4) is 0 Å². The number of nitrogens with zero attached hydrogens (tertiary/aromatic N) is 1. The maximum atomic E-state index is 12.1. The first-order chi connectivity index (χ1) is 13.5. The van der Waals surface area contributed by atoms with Crippen LogP contribution in [0.15, 0.2) is 48.7 Å². The smallest absolute Gasteiger partial charge is 0.306 e. The Balaban J connectivity index is 1.48. The molecule has 1 heterocycles. The van der Waals surface area contributed by atoms with Gasteiger partial charge in [0, 0.05) is 40.7 Å². The summed E-state index contributed by atoms with van der Waals surface area (Å²) in [4.78, 5) is 37.7. The van der Waals surface area contributed by atoms with Gasteiger partial charge in [0.1, 0.15) is 0 Å². The molecule has 0 fully saturated rings. The van der Waals surface area contributed by atoms with Gasteiger partial charge in [0.2, 0.25) is 5.78 Å². The van der Waals surface area contributed by atoms with Crippen LogP contribution in [-0.4, -0.2) is 28.3 Å². The van der Waals surface area contributed by atoms with Gasteiger partial charge >= 0.3 is 5.97 Å². The molecule has 7 nitrogen and oxygen atoms in total. The molecule has 2 aromatic carbocycles. The van der Waals surface area contributed by atoms with Gasteiger partial charge in [-0.15, -0.1) is 0 Å². The zero-order valence-electron chi connectivity index (χ0n) is 15.4. The molecule has 1 aromatic heterocycles. The molecule has 0 spiro atoms. The zero-order valence-corrected chi connectivity index (χ0v) is 15.4. The fraction of sp³-hybridized carbons (Fsp3) is 0.238. The second-order valence-electron chi connectivity index (χ2n) is 6.56. The number of aryl methyl sites for hydroxylation is 2. The number of aromatic nitrogens is 1. The van der Waals surface area contributed by atoms with Gasteiger partial charge in [-0.1, -0.05) is 30.3 Å². The Morgan fingerprint density at radius 3 is 2.75 bits per heavy atom. The Morgan fingerprint density at radius 1 is 1.18 bits per heavy atom. The van der Waals surface area contributed by atoms with Gasteiger partial charge in [-0.2, -0.15) is 0 Å². The van der Waals surface area contributed by atoms with Crippen molar-refractivity contribution in [2.75, 3.05) is 6.61 Å². The number of nitro groups is 1. The zero-order chi connectivity index (χ0) is 20.1. The number of hydrogen-bond acceptors (Lipinski definition) is 5. The Morgan fingerprint density at radius 2 is 1.96 bits per heavy atom. The summed E-state index contributed by atoms with van der Waals surface area (Å²) < 4.78 is 5.03. The van der Waals surface area contributed by atoms with Gasteiger partial charge in [-0.05, 0) is 31.4 Å². The van der Waals surface area contributed by atoms with Crippen molar-refractivity contribution in [2.24, 2.45) is 0 Å². The molecule has 0 aliphatic heterocycles. The molecule has 0 atom stereocenters. The molecule has 0 saturated carbocycles. The summed E-state index contributed by atoms with van der Waals surface area (Å²) in [7, 11) is 0. The van der Waals surface area contributed by atoms with Crippen molar-refractivity contribution in [3.8, 4) is 0 Å². The summed E-state index contributed by atoms with van der Waals surface area (Å²) in [6, 6.07) is 12.2. The number of aromatic amines is 1. The van der Waals surface area contributed by atoms with Crippen molar-refractivity contribution < 1.29 is 19.2 Å². The molecule has 0 aliphatic carbocycles. The largest absolute Gasteiger partial charge is 0.457 e. The minimum Gasteiger partial charge on any atom is -0.457 e. The van der Waals surface area contributed by atoms with Crippen LogP contribution in [0, 0.1) is 17.0 Å². The lowest BCUT2D eigenvalue weighted by atomic mass is 10.1. The number of ether oxygens (including phenoxy) is 1. The maximum absolute atomic E-state index is 12.1. The number of carbonyl (C=O) groups excluding carboxylic acids is 2. The normalized spacial score (nSPS) is 10.8. The summed E-state index contributed by atoms with van der Waals surface area (Å²) in [6.45, 7) is 1.17. The first kappa shape index (κ1) is 19.3. The van der Waals surface area contributed by atoms with Gasteiger partial charge in [0.15, 0.2) is 6.61 Å². The molecule has 0 bridgehead atoms. The van der Waals surface area contributed by atoms with Gasteiger partial charge in [0.05, 0.1) is 4.92 Å². The van der Waals surface area contributed by atoms with Crippen molar-refractivity contribution in [3.63, 3.8) is 0 Å². The molecule has 0 amide bonds. The van der Waals surface area contributed by atoms with Crippen molar-refractivity contribution >= 4 is 28.3 Å². The predicted octanol–water partition coefficient (Wildman–Crippen LogP) is 4.13. The Kier molecular flexibility index (Phi) is 5.84. The van der Waals surface area contributed by atoms with E-state index in [4.69, 9.17) is 4.74 Å². The Bertz CT molecular complexity index is 1040. The van der Waals surface area contributed by atoms with Crippen LogP contribution in [0.4, 0.5) is 5.69 Å². The van der Waals surface area contributed by atoms with Gasteiger partial charge in [0.25, 0.3) is 5.69 Å². The van der Waals surface area contributed by atoms with E-state index in [1.165, 1.54) is 18.2 Å². The van der Waals surface area contributed by atoms with E-state index in [1.54, 1.807) is 6.92 Å². The predicted molar refractivity (Wildman–Crippen MR) is 104 cm³/mol. The fourth-order valence-electron chi connectivity index (χ4n) is 3.04. The molecule has 0 saturated heterocycles. The number of carbonyl (C=O) groups is 2. The number of rotatable bonds is 8. The van der Waals surface area contributed by atoms with E-state index in [0.717, 1.165) is 22.9 Å². The number of Topliss-reactive ketones (excluding diaryl/α,β-unsaturated/α-hetero) is 1. The van der Waals surface area contributed by atoms with Crippen LogP contribution in [-0.2, 0) is 16.0 Å². The van der Waals surface area contributed by atoms with Gasteiger partial charge in [-0.3, -0.25) is 19.7 Å². The number of fused-ring (bicyclic) bond motifs is 1. The molecule has 1 N–H and O–H groups in total. The highest BCUT2D eigenvalue weighted by molar-refractivity contribution is 5.98. The third kappa shape index (κ3) is 4.43. The number of ketones is 1. The van der Waals surface area contributed by atoms with E-state index < -0.39 is 23.3 Å². The molecule has 0 aliphatic rings. The van der Waals surface area contributed by atoms with Crippen molar-refractivity contribution in [1.82, 2.24) is 4.98 Å². The summed E-state index contributed by atoms with van der Waals surface area (Å²) in [5, 5.41) is 12.1. The minimum absolute atomic E-state index is 0.129. The van der Waals surface area contributed by atoms with E-state index in [-0.39, 0.29) is 17.7 Å². The molecule has 28 heavy (non-hydrogen) atoms. The van der Waals surface area contributed by atoms with Gasteiger partial charge < -0.3 is 9.72 Å². The highest BCUT2D eigenvalue weighted by Crippen LogP contribution is 2.20. The van der Waals surface area contributed by atoms with E-state index in [0.29, 0.717) is 12.0 Å². The van der Waals surface area contributed by atoms with Crippen molar-refractivity contribution in [3.05, 3.63) is 75.5 Å². The molecular formula is C21H20N2O5. The minimum atomic E-state index is -0.539. The number of nitrogens with one attached hydrogen (secondary N) is 1. The van der Waals surface area contributed by atoms with E-state index in [9.17, 15) is 19.7 Å². The topological polar surface area (TPSA) is 102 Å². The van der Waals surface area contributed by atoms with Crippen LogP contribution in [0.25, 0.3) is 10.9 Å². The standard InChI is InChI=1S/C21H20N2O5/c1-14-9-10-15(11-19(14)23(26)27)20(24)13-28-21(25)8-4-5-16-12-22-18-7-3-2-6-17(16)18/h2-3,6-7,9-12,22H,4-5,8,13H2,1H3. The number of para-hydroxylation sites is 1. The third-order valence-electron chi connectivity index (χ3n) is 4.59. The van der Waals surface area contributed by atoms with Crippen LogP contribution >= 0.6 is 0 Å². The number of esters is 1. The first-order valence-corrected chi connectivity index (χ1v) is 8.94. The van der Waals surface area contributed by atoms with Crippen molar-refractivity contribution in [2.45, 2.75) is 26.2 Å². The van der Waals surface area contributed by atoms with E-state index >= 15 is 0 Å². The molecule has 0 unspecified atom stereocenters. The Hall–Kier alpha value is -3.48. The Labute approximate surface area is 161 Å². The summed E-state index contributed by atoms with van der Waals surface area (Å²) in [5.41, 5.74) is 2.68. The number of hydrogen-bond donors (Lipinski definition) is 1. The molecule has 3 rings (SSSR count). The summed E-state index contributed by atoms with van der Waals surface area (Å²) in [6.07, 6.45) is 3.45. The quantitative estimate of drug-likeness (QED) is 0.274. The fourth-order valence-corrected chi connectivity index (χ4v) is 3.04. The van der Waals surface area contributed by atoms with Crippen LogP contribution in [0.2, 0.25) is 0 Å². The lowest BCUT2D eigenvalue weighted by molar-refractivity contribution is -0.385. The van der Waals surface area contributed by atoms with E-state index in [2.05, 4.69) is 4.98 Å². The molecular weight excluding hydrogens is 360 g/mol. The van der Waals surface area contributed by atoms with Crippen LogP contribution in [0.1, 0.15) is 34.3 Å². The summed E-state index contributed by atoms with van der Waals surface area (Å²) in [5.74, 6) is -0.928. The monoisotopic (exact) mass is 380 g/mol. The third-order valence-corrected chi connectivity index (χ3v) is 4.59. The van der Waals surface area contributed by atoms with Crippen molar-refractivity contribution in [1.29, 1.82) is 0 Å². The van der Waals surface area contributed by atoms with E-state index in [1.807, 2.05) is 30.5 Å². The second kappa shape index (κ2) is 8.47. The average Bonchev–Trinajstić information content (AvgIpc) is 3.09. The van der Waals surface area contributed by atoms with Crippen LogP contribution in [0.5, 0.6) is 0 Å². The van der Waals surface area contributed by atoms with Gasteiger partial charge in [-0.25, -0.2) is 0 Å². The van der Waals surface area contributed by atoms with Crippen LogP contribution < -0.4 is 0 Å². The number of benzene rings is 2. The molecule has 0 radical (unpaired) electrons.